The van der Waals surface area contributed by atoms with Crippen molar-refractivity contribution in [1.29, 1.82) is 0 Å². The molecule has 0 saturated carbocycles. The van der Waals surface area contributed by atoms with E-state index >= 15 is 0 Å². The molecule has 1 N–H and O–H groups in total. The molecule has 0 spiro atoms. The SMILES string of the molecule is O=C(Nc1nnc(-c2ccncc2)s1)c1ccc(O[C@H](CN2CCOCC2)c2ccccc2)nc1. The number of ether oxygens (including phenoxy) is 2. The molecule has 10 heteroatoms. The minimum Gasteiger partial charge on any atom is -0.468 e. The average molecular weight is 489 g/mol. The van der Waals surface area contributed by atoms with E-state index in [1.54, 1.807) is 24.5 Å². The summed E-state index contributed by atoms with van der Waals surface area (Å²) in [6, 6.07) is 17.2. The van der Waals surface area contributed by atoms with Gasteiger partial charge in [-0.2, -0.15) is 0 Å². The maximum absolute atomic E-state index is 12.7. The number of anilines is 1. The van der Waals surface area contributed by atoms with Crippen molar-refractivity contribution in [2.75, 3.05) is 38.2 Å². The van der Waals surface area contributed by atoms with Crippen LogP contribution in [0.3, 0.4) is 0 Å². The second kappa shape index (κ2) is 11.1. The number of carbonyl (C=O) groups excluding carboxylic acids is 1. The highest BCUT2D eigenvalue weighted by molar-refractivity contribution is 7.18. The molecule has 4 aromatic rings. The van der Waals surface area contributed by atoms with Gasteiger partial charge in [0.25, 0.3) is 5.91 Å². The molecule has 0 aliphatic carbocycles. The molecule has 1 amide bonds. The Morgan fingerprint density at radius 3 is 2.60 bits per heavy atom. The van der Waals surface area contributed by atoms with Crippen LogP contribution in [0.4, 0.5) is 5.13 Å². The van der Waals surface area contributed by atoms with Crippen LogP contribution in [0.2, 0.25) is 0 Å². The minimum atomic E-state index is -0.311. The molecule has 0 radical (unpaired) electrons. The highest BCUT2D eigenvalue weighted by atomic mass is 32.1. The Balaban J connectivity index is 1.24. The van der Waals surface area contributed by atoms with Crippen LogP contribution in [0.15, 0.2) is 73.2 Å². The molecule has 3 aromatic heterocycles. The van der Waals surface area contributed by atoms with Crippen molar-refractivity contribution in [3.8, 4) is 16.5 Å². The monoisotopic (exact) mass is 488 g/mol. The Labute approximate surface area is 206 Å². The Kier molecular flexibility index (Phi) is 7.32. The fourth-order valence-electron chi connectivity index (χ4n) is 3.68. The van der Waals surface area contributed by atoms with Crippen molar-refractivity contribution >= 4 is 22.4 Å². The first-order chi connectivity index (χ1) is 17.2. The van der Waals surface area contributed by atoms with Crippen LogP contribution in [0.5, 0.6) is 5.88 Å². The summed E-state index contributed by atoms with van der Waals surface area (Å²) < 4.78 is 11.7. The van der Waals surface area contributed by atoms with Crippen molar-refractivity contribution in [3.63, 3.8) is 0 Å². The highest BCUT2D eigenvalue weighted by Crippen LogP contribution is 2.26. The van der Waals surface area contributed by atoms with Gasteiger partial charge in [0.15, 0.2) is 0 Å². The lowest BCUT2D eigenvalue weighted by molar-refractivity contribution is 0.0182. The molecule has 35 heavy (non-hydrogen) atoms. The first kappa shape index (κ1) is 23.0. The molecule has 1 atom stereocenters. The van der Waals surface area contributed by atoms with Gasteiger partial charge in [0, 0.05) is 49.9 Å². The van der Waals surface area contributed by atoms with Crippen LogP contribution >= 0.6 is 11.3 Å². The maximum atomic E-state index is 12.7. The van der Waals surface area contributed by atoms with Crippen LogP contribution in [0.25, 0.3) is 10.6 Å². The summed E-state index contributed by atoms with van der Waals surface area (Å²) in [5.41, 5.74) is 2.37. The molecule has 9 nitrogen and oxygen atoms in total. The van der Waals surface area contributed by atoms with Crippen LogP contribution < -0.4 is 10.1 Å². The van der Waals surface area contributed by atoms with E-state index in [-0.39, 0.29) is 12.0 Å². The summed E-state index contributed by atoms with van der Waals surface area (Å²) in [7, 11) is 0. The van der Waals surface area contributed by atoms with E-state index in [0.717, 1.165) is 44.0 Å². The third-order valence-electron chi connectivity index (χ3n) is 5.53. The van der Waals surface area contributed by atoms with Gasteiger partial charge in [0.2, 0.25) is 11.0 Å². The molecule has 1 saturated heterocycles. The summed E-state index contributed by atoms with van der Waals surface area (Å²) in [5, 5.41) is 12.1. The zero-order valence-corrected chi connectivity index (χ0v) is 19.7. The van der Waals surface area contributed by atoms with Gasteiger partial charge in [-0.25, -0.2) is 4.98 Å². The van der Waals surface area contributed by atoms with E-state index < -0.39 is 0 Å². The lowest BCUT2D eigenvalue weighted by atomic mass is 10.1. The second-order valence-corrected chi connectivity index (χ2v) is 8.90. The molecule has 0 bridgehead atoms. The number of benzene rings is 1. The number of nitrogens with one attached hydrogen (secondary N) is 1. The predicted molar refractivity (Wildman–Crippen MR) is 132 cm³/mol. The van der Waals surface area contributed by atoms with Gasteiger partial charge >= 0.3 is 0 Å². The van der Waals surface area contributed by atoms with Crippen molar-refractivity contribution < 1.29 is 14.3 Å². The summed E-state index contributed by atoms with van der Waals surface area (Å²) in [6.45, 7) is 3.92. The van der Waals surface area contributed by atoms with Crippen LogP contribution in [-0.4, -0.2) is 63.8 Å². The van der Waals surface area contributed by atoms with Gasteiger partial charge in [-0.1, -0.05) is 41.7 Å². The first-order valence-electron chi connectivity index (χ1n) is 11.3. The second-order valence-electron chi connectivity index (χ2n) is 7.92. The lowest BCUT2D eigenvalue weighted by Crippen LogP contribution is -2.39. The summed E-state index contributed by atoms with van der Waals surface area (Å²) in [4.78, 5) is 23.4. The Hall–Kier alpha value is -3.73. The van der Waals surface area contributed by atoms with Gasteiger partial charge in [-0.3, -0.25) is 20.0 Å². The standard InChI is InChI=1S/C25H24N6O3S/c32-23(28-25-30-29-24(35-25)19-8-10-26-11-9-19)20-6-7-22(27-16-20)34-21(18-4-2-1-3-5-18)17-31-12-14-33-15-13-31/h1-11,16,21H,12-15,17H2,(H,28,30,32)/t21-/m1/s1. The quantitative estimate of drug-likeness (QED) is 0.401. The predicted octanol–water partition coefficient (Wildman–Crippen LogP) is 3.70. The lowest BCUT2D eigenvalue weighted by Gasteiger charge is -2.30. The van der Waals surface area contributed by atoms with E-state index in [1.165, 1.54) is 17.5 Å². The number of nitrogens with zero attached hydrogens (tertiary/aromatic N) is 5. The van der Waals surface area contributed by atoms with E-state index in [9.17, 15) is 4.79 Å². The number of rotatable bonds is 8. The average Bonchev–Trinajstić information content (AvgIpc) is 3.39. The zero-order valence-electron chi connectivity index (χ0n) is 18.9. The largest absolute Gasteiger partial charge is 0.468 e. The summed E-state index contributed by atoms with van der Waals surface area (Å²) >= 11 is 1.29. The number of aromatic nitrogens is 4. The van der Waals surface area contributed by atoms with Crippen LogP contribution in [0, 0.1) is 0 Å². The number of amides is 1. The zero-order chi connectivity index (χ0) is 23.9. The van der Waals surface area contributed by atoms with Gasteiger partial charge in [0.05, 0.1) is 18.8 Å². The smallest absolute Gasteiger partial charge is 0.259 e. The minimum absolute atomic E-state index is 0.186. The van der Waals surface area contributed by atoms with Crippen LogP contribution in [0.1, 0.15) is 22.0 Å². The Morgan fingerprint density at radius 2 is 1.86 bits per heavy atom. The van der Waals surface area contributed by atoms with E-state index in [1.807, 2.05) is 30.3 Å². The number of hydrogen-bond acceptors (Lipinski definition) is 9. The molecule has 4 heterocycles. The summed E-state index contributed by atoms with van der Waals surface area (Å²) in [6.07, 6.45) is 4.70. The molecular formula is C25H24N6O3S. The molecular weight excluding hydrogens is 464 g/mol. The van der Waals surface area contributed by atoms with Crippen LogP contribution in [-0.2, 0) is 4.74 Å². The topological polar surface area (TPSA) is 102 Å². The van der Waals surface area contributed by atoms with Gasteiger partial charge in [-0.15, -0.1) is 10.2 Å². The molecule has 178 valence electrons. The van der Waals surface area contributed by atoms with E-state index in [0.29, 0.717) is 21.6 Å². The summed E-state index contributed by atoms with van der Waals surface area (Å²) in [5.74, 6) is 0.147. The fraction of sp³-hybridized carbons (Fsp3) is 0.240. The molecule has 1 aliphatic heterocycles. The number of carbonyl (C=O) groups is 1. The van der Waals surface area contributed by atoms with Crippen molar-refractivity contribution in [2.45, 2.75) is 6.10 Å². The van der Waals surface area contributed by atoms with Gasteiger partial charge in [0.1, 0.15) is 11.1 Å². The first-order valence-corrected chi connectivity index (χ1v) is 12.1. The molecule has 1 fully saturated rings. The van der Waals surface area contributed by atoms with E-state index in [2.05, 4.69) is 42.5 Å². The number of morpholine rings is 1. The number of pyridine rings is 2. The molecule has 5 rings (SSSR count). The van der Waals surface area contributed by atoms with E-state index in [4.69, 9.17) is 9.47 Å². The third-order valence-corrected chi connectivity index (χ3v) is 6.42. The maximum Gasteiger partial charge on any atom is 0.259 e. The Bertz CT molecular complexity index is 1230. The third kappa shape index (κ3) is 6.04. The van der Waals surface area contributed by atoms with Crippen molar-refractivity contribution in [1.82, 2.24) is 25.1 Å². The molecule has 1 aliphatic rings. The fourth-order valence-corrected chi connectivity index (χ4v) is 4.43. The van der Waals surface area contributed by atoms with Gasteiger partial charge in [-0.05, 0) is 23.8 Å². The highest BCUT2D eigenvalue weighted by Gasteiger charge is 2.21. The van der Waals surface area contributed by atoms with Crippen molar-refractivity contribution in [2.24, 2.45) is 0 Å². The number of hydrogen-bond donors (Lipinski definition) is 1. The molecule has 0 unspecified atom stereocenters. The van der Waals surface area contributed by atoms with Gasteiger partial charge < -0.3 is 9.47 Å². The van der Waals surface area contributed by atoms with Crippen molar-refractivity contribution in [3.05, 3.63) is 84.3 Å². The normalized spacial score (nSPS) is 14.9. The Morgan fingerprint density at radius 1 is 1.06 bits per heavy atom. The molecule has 1 aromatic carbocycles.